The fourth-order valence-corrected chi connectivity index (χ4v) is 3.19. The molecule has 0 atom stereocenters. The standard InChI is InChI=1S/C19H18N4O6S/c24-17(21-19(30)20-14-4-2-1-3-13(14)18(25)26)12-5-6-15(16(11-12)23(27)28)22-7-9-29-10-8-22/h1-6,11H,7-10H2,(H,25,26)(H2,20,21,24,30). The third-order valence-electron chi connectivity index (χ3n) is 4.42. The molecule has 30 heavy (non-hydrogen) atoms. The molecule has 3 N–H and O–H groups in total. The average molecular weight is 430 g/mol. The van der Waals surface area contributed by atoms with E-state index in [1.807, 2.05) is 4.90 Å². The van der Waals surface area contributed by atoms with Crippen molar-refractivity contribution in [2.24, 2.45) is 0 Å². The lowest BCUT2D eigenvalue weighted by molar-refractivity contribution is -0.384. The molecule has 0 aromatic heterocycles. The number of nitro benzene ring substituents is 1. The predicted molar refractivity (Wildman–Crippen MR) is 113 cm³/mol. The van der Waals surface area contributed by atoms with Crippen LogP contribution in [0.5, 0.6) is 0 Å². The Morgan fingerprint density at radius 3 is 2.53 bits per heavy atom. The van der Waals surface area contributed by atoms with Gasteiger partial charge in [-0.25, -0.2) is 4.79 Å². The normalized spacial score (nSPS) is 13.4. The van der Waals surface area contributed by atoms with E-state index in [4.69, 9.17) is 17.0 Å². The molecular weight excluding hydrogens is 412 g/mol. The topological polar surface area (TPSA) is 134 Å². The van der Waals surface area contributed by atoms with Crippen LogP contribution < -0.4 is 15.5 Å². The van der Waals surface area contributed by atoms with E-state index in [-0.39, 0.29) is 27.6 Å². The number of benzene rings is 2. The number of morpholine rings is 1. The number of carboxylic acids is 1. The first-order valence-corrected chi connectivity index (χ1v) is 9.33. The van der Waals surface area contributed by atoms with Gasteiger partial charge in [-0.05, 0) is 36.5 Å². The number of rotatable bonds is 5. The Balaban J connectivity index is 1.75. The second kappa shape index (κ2) is 9.29. The molecule has 0 saturated carbocycles. The van der Waals surface area contributed by atoms with E-state index in [0.29, 0.717) is 32.0 Å². The first-order chi connectivity index (χ1) is 14.4. The van der Waals surface area contributed by atoms with Gasteiger partial charge in [0.25, 0.3) is 11.6 Å². The van der Waals surface area contributed by atoms with Crippen LogP contribution in [0.15, 0.2) is 42.5 Å². The lowest BCUT2D eigenvalue weighted by Crippen LogP contribution is -2.37. The van der Waals surface area contributed by atoms with Gasteiger partial charge in [0, 0.05) is 24.7 Å². The quantitative estimate of drug-likeness (QED) is 0.371. The second-order valence-electron chi connectivity index (χ2n) is 6.32. The maximum Gasteiger partial charge on any atom is 0.337 e. The molecule has 0 unspecified atom stereocenters. The first kappa shape index (κ1) is 21.1. The van der Waals surface area contributed by atoms with Crippen molar-refractivity contribution in [3.63, 3.8) is 0 Å². The minimum absolute atomic E-state index is 0.0143. The van der Waals surface area contributed by atoms with Crippen molar-refractivity contribution in [3.8, 4) is 0 Å². The highest BCUT2D eigenvalue weighted by molar-refractivity contribution is 7.80. The fourth-order valence-electron chi connectivity index (χ4n) is 2.99. The van der Waals surface area contributed by atoms with Gasteiger partial charge in [0.05, 0.1) is 29.4 Å². The van der Waals surface area contributed by atoms with Gasteiger partial charge in [-0.3, -0.25) is 20.2 Å². The molecule has 2 aromatic rings. The van der Waals surface area contributed by atoms with Crippen LogP contribution in [-0.2, 0) is 4.74 Å². The van der Waals surface area contributed by atoms with Gasteiger partial charge in [0.15, 0.2) is 5.11 Å². The Hall–Kier alpha value is -3.57. The minimum Gasteiger partial charge on any atom is -0.478 e. The van der Waals surface area contributed by atoms with Gasteiger partial charge in [0.2, 0.25) is 0 Å². The largest absolute Gasteiger partial charge is 0.478 e. The summed E-state index contributed by atoms with van der Waals surface area (Å²) in [4.78, 5) is 36.6. The summed E-state index contributed by atoms with van der Waals surface area (Å²) in [6, 6.07) is 10.3. The minimum atomic E-state index is -1.15. The van der Waals surface area contributed by atoms with Crippen molar-refractivity contribution < 1.29 is 24.4 Å². The van der Waals surface area contributed by atoms with Gasteiger partial charge in [0.1, 0.15) is 5.69 Å². The molecule has 2 aromatic carbocycles. The number of hydrogen-bond donors (Lipinski definition) is 3. The number of carboxylic acid groups (broad SMARTS) is 1. The van der Waals surface area contributed by atoms with Crippen molar-refractivity contribution in [1.82, 2.24) is 5.32 Å². The average Bonchev–Trinajstić information content (AvgIpc) is 2.74. The molecule has 0 bridgehead atoms. The zero-order chi connectivity index (χ0) is 21.7. The molecule has 0 aliphatic carbocycles. The Labute approximate surface area is 176 Å². The van der Waals surface area contributed by atoms with E-state index >= 15 is 0 Å². The number of nitro groups is 1. The van der Waals surface area contributed by atoms with Crippen LogP contribution >= 0.6 is 12.2 Å². The van der Waals surface area contributed by atoms with Crippen LogP contribution in [0.3, 0.4) is 0 Å². The Morgan fingerprint density at radius 2 is 1.87 bits per heavy atom. The molecule has 11 heteroatoms. The maximum absolute atomic E-state index is 12.5. The van der Waals surface area contributed by atoms with Crippen molar-refractivity contribution >= 4 is 46.3 Å². The highest BCUT2D eigenvalue weighted by Crippen LogP contribution is 2.30. The Bertz CT molecular complexity index is 1010. The van der Waals surface area contributed by atoms with Crippen molar-refractivity contribution in [1.29, 1.82) is 0 Å². The third-order valence-corrected chi connectivity index (χ3v) is 4.62. The number of amides is 1. The fraction of sp³-hybridized carbons (Fsp3) is 0.211. The Kier molecular flexibility index (Phi) is 6.54. The summed E-state index contributed by atoms with van der Waals surface area (Å²) in [5, 5.41) is 25.7. The maximum atomic E-state index is 12.5. The van der Waals surface area contributed by atoms with Gasteiger partial charge < -0.3 is 20.1 Å². The second-order valence-corrected chi connectivity index (χ2v) is 6.73. The Morgan fingerprint density at radius 1 is 1.17 bits per heavy atom. The van der Waals surface area contributed by atoms with Crippen molar-refractivity contribution in [2.45, 2.75) is 0 Å². The number of anilines is 2. The number of hydrogen-bond acceptors (Lipinski definition) is 7. The van der Waals surface area contributed by atoms with Gasteiger partial charge in [-0.1, -0.05) is 12.1 Å². The number of nitrogens with zero attached hydrogens (tertiary/aromatic N) is 2. The number of carbonyl (C=O) groups is 2. The van der Waals surface area contributed by atoms with Crippen LogP contribution in [0.4, 0.5) is 17.1 Å². The molecular formula is C19H18N4O6S. The number of aromatic carboxylic acids is 1. The van der Waals surface area contributed by atoms with Crippen molar-refractivity contribution in [2.75, 3.05) is 36.5 Å². The molecule has 3 rings (SSSR count). The van der Waals surface area contributed by atoms with E-state index in [1.165, 1.54) is 30.3 Å². The molecule has 10 nitrogen and oxygen atoms in total. The summed E-state index contributed by atoms with van der Waals surface area (Å²) >= 11 is 5.08. The monoisotopic (exact) mass is 430 g/mol. The predicted octanol–water partition coefficient (Wildman–Crippen LogP) is 2.26. The highest BCUT2D eigenvalue weighted by atomic mass is 32.1. The smallest absolute Gasteiger partial charge is 0.337 e. The van der Waals surface area contributed by atoms with E-state index in [0.717, 1.165) is 0 Å². The highest BCUT2D eigenvalue weighted by Gasteiger charge is 2.23. The summed E-state index contributed by atoms with van der Waals surface area (Å²) < 4.78 is 5.27. The van der Waals surface area contributed by atoms with Crippen LogP contribution in [0.2, 0.25) is 0 Å². The van der Waals surface area contributed by atoms with Gasteiger partial charge in [-0.15, -0.1) is 0 Å². The van der Waals surface area contributed by atoms with Crippen molar-refractivity contribution in [3.05, 3.63) is 63.7 Å². The van der Waals surface area contributed by atoms with Gasteiger partial charge in [-0.2, -0.15) is 0 Å². The summed E-state index contributed by atoms with van der Waals surface area (Å²) in [7, 11) is 0. The molecule has 1 fully saturated rings. The molecule has 0 radical (unpaired) electrons. The number of para-hydroxylation sites is 1. The lowest BCUT2D eigenvalue weighted by Gasteiger charge is -2.28. The molecule has 1 aliphatic rings. The number of ether oxygens (including phenoxy) is 1. The summed E-state index contributed by atoms with van der Waals surface area (Å²) in [5.41, 5.74) is 0.466. The van der Waals surface area contributed by atoms with E-state index < -0.39 is 16.8 Å². The van der Waals surface area contributed by atoms with E-state index in [9.17, 15) is 24.8 Å². The molecule has 0 spiro atoms. The summed E-state index contributed by atoms with van der Waals surface area (Å²) in [5.74, 6) is -1.81. The molecule has 1 amide bonds. The zero-order valence-electron chi connectivity index (χ0n) is 15.7. The first-order valence-electron chi connectivity index (χ1n) is 8.92. The van der Waals surface area contributed by atoms with Crippen LogP contribution in [-0.4, -0.2) is 53.3 Å². The SMILES string of the molecule is O=C(NC(=S)Nc1ccccc1C(=O)O)c1ccc(N2CCOCC2)c([N+](=O)[O-])c1. The lowest BCUT2D eigenvalue weighted by atomic mass is 10.1. The molecule has 1 heterocycles. The van der Waals surface area contributed by atoms with E-state index in [1.54, 1.807) is 12.1 Å². The third kappa shape index (κ3) is 4.88. The number of carbonyl (C=O) groups excluding carboxylic acids is 1. The van der Waals surface area contributed by atoms with Crippen LogP contribution in [0.1, 0.15) is 20.7 Å². The van der Waals surface area contributed by atoms with Gasteiger partial charge >= 0.3 is 5.97 Å². The molecule has 1 aliphatic heterocycles. The molecule has 1 saturated heterocycles. The number of thiocarbonyl (C=S) groups is 1. The molecule has 156 valence electrons. The van der Waals surface area contributed by atoms with E-state index in [2.05, 4.69) is 10.6 Å². The summed E-state index contributed by atoms with van der Waals surface area (Å²) in [6.07, 6.45) is 0. The summed E-state index contributed by atoms with van der Waals surface area (Å²) in [6.45, 7) is 1.97. The zero-order valence-corrected chi connectivity index (χ0v) is 16.5. The van der Waals surface area contributed by atoms with Crippen LogP contribution in [0, 0.1) is 10.1 Å². The number of nitrogens with one attached hydrogen (secondary N) is 2. The van der Waals surface area contributed by atoms with Crippen LogP contribution in [0.25, 0.3) is 0 Å².